The largest absolute Gasteiger partial charge is 0.489 e. The molecule has 0 bridgehead atoms. The normalized spacial score (nSPS) is 19.5. The fraction of sp³-hybridized carbons (Fsp3) is 0.667. The van der Waals surface area contributed by atoms with Gasteiger partial charge in [-0.2, -0.15) is 0 Å². The summed E-state index contributed by atoms with van der Waals surface area (Å²) in [4.78, 5) is 30.8. The zero-order chi connectivity index (χ0) is 26.5. The lowest BCUT2D eigenvalue weighted by Crippen LogP contribution is -2.34. The summed E-state index contributed by atoms with van der Waals surface area (Å²) in [6, 6.07) is 3.75. The van der Waals surface area contributed by atoms with Crippen molar-refractivity contribution in [2.45, 2.75) is 84.5 Å². The Balaban J connectivity index is 1.34. The summed E-state index contributed by atoms with van der Waals surface area (Å²) in [5, 5.41) is 8.40. The van der Waals surface area contributed by atoms with Crippen LogP contribution in [-0.2, 0) is 27.9 Å². The third kappa shape index (κ3) is 6.99. The molecule has 0 N–H and O–H groups in total. The number of aryl methyl sites for hydroxylation is 2. The van der Waals surface area contributed by atoms with Gasteiger partial charge in [0.05, 0.1) is 23.6 Å². The first-order valence-corrected chi connectivity index (χ1v) is 13.3. The molecule has 2 atom stereocenters. The molecule has 0 aliphatic heterocycles. The molecule has 2 aliphatic rings. The van der Waals surface area contributed by atoms with Crippen molar-refractivity contribution >= 4 is 12.1 Å². The Hall–Kier alpha value is -3.17. The molecule has 2 aliphatic carbocycles. The molecule has 0 radical (unpaired) electrons. The molecule has 0 unspecified atom stereocenters. The van der Waals surface area contributed by atoms with Crippen molar-refractivity contribution in [3.63, 3.8) is 0 Å². The molecule has 2 heterocycles. The van der Waals surface area contributed by atoms with Crippen molar-refractivity contribution < 1.29 is 23.8 Å². The minimum atomic E-state index is -0.348. The summed E-state index contributed by atoms with van der Waals surface area (Å²) < 4.78 is 18.7. The van der Waals surface area contributed by atoms with Gasteiger partial charge in [-0.05, 0) is 76.8 Å². The molecule has 0 saturated heterocycles. The monoisotopic (exact) mass is 513 g/mol. The highest BCUT2D eigenvalue weighted by Crippen LogP contribution is 2.33. The Morgan fingerprint density at radius 3 is 2.62 bits per heavy atom. The van der Waals surface area contributed by atoms with Gasteiger partial charge in [0.2, 0.25) is 0 Å². The van der Waals surface area contributed by atoms with Gasteiger partial charge in [-0.25, -0.2) is 14.5 Å². The lowest BCUT2D eigenvalue weighted by atomic mass is 9.85. The van der Waals surface area contributed by atoms with E-state index in [1.165, 1.54) is 19.3 Å². The van der Waals surface area contributed by atoms with E-state index in [1.807, 2.05) is 32.9 Å². The molecule has 2 aromatic rings. The maximum absolute atomic E-state index is 12.5. The van der Waals surface area contributed by atoms with Gasteiger partial charge in [-0.1, -0.05) is 11.6 Å². The highest BCUT2D eigenvalue weighted by atomic mass is 16.6. The van der Waals surface area contributed by atoms with E-state index >= 15 is 0 Å². The first-order chi connectivity index (χ1) is 17.7. The van der Waals surface area contributed by atoms with Gasteiger partial charge in [-0.3, -0.25) is 4.79 Å². The van der Waals surface area contributed by atoms with Crippen molar-refractivity contribution in [3.8, 4) is 17.1 Å². The van der Waals surface area contributed by atoms with Gasteiger partial charge < -0.3 is 19.1 Å². The quantitative estimate of drug-likeness (QED) is 0.429. The van der Waals surface area contributed by atoms with Crippen molar-refractivity contribution in [1.82, 2.24) is 24.9 Å². The van der Waals surface area contributed by atoms with Gasteiger partial charge >= 0.3 is 12.1 Å². The number of pyridine rings is 1. The van der Waals surface area contributed by atoms with E-state index < -0.39 is 0 Å². The second kappa shape index (κ2) is 11.9. The van der Waals surface area contributed by atoms with E-state index in [0.29, 0.717) is 35.2 Å². The molecule has 37 heavy (non-hydrogen) atoms. The smallest absolute Gasteiger partial charge is 0.409 e. The van der Waals surface area contributed by atoms with E-state index in [1.54, 1.807) is 23.7 Å². The Bertz CT molecular complexity index is 1100. The number of nitrogens with zero attached hydrogens (tertiary/aromatic N) is 5. The van der Waals surface area contributed by atoms with E-state index in [9.17, 15) is 9.59 Å². The van der Waals surface area contributed by atoms with E-state index in [4.69, 9.17) is 19.2 Å². The van der Waals surface area contributed by atoms with E-state index in [2.05, 4.69) is 10.3 Å². The maximum atomic E-state index is 12.5. The van der Waals surface area contributed by atoms with E-state index in [0.717, 1.165) is 31.5 Å². The third-order valence-electron chi connectivity index (χ3n) is 7.23. The number of hydrogen-bond donors (Lipinski definition) is 0. The van der Waals surface area contributed by atoms with Crippen LogP contribution in [0.2, 0.25) is 0 Å². The van der Waals surface area contributed by atoms with Crippen LogP contribution in [0.4, 0.5) is 4.79 Å². The molecule has 2 fully saturated rings. The van der Waals surface area contributed by atoms with Crippen LogP contribution in [-0.4, -0.2) is 62.7 Å². The van der Waals surface area contributed by atoms with Gasteiger partial charge in [0.15, 0.2) is 0 Å². The first kappa shape index (κ1) is 26.9. The fourth-order valence-corrected chi connectivity index (χ4v) is 4.97. The number of hydrogen-bond acceptors (Lipinski definition) is 8. The number of ether oxygens (including phenoxy) is 3. The van der Waals surface area contributed by atoms with Crippen LogP contribution in [0, 0.1) is 18.8 Å². The number of aromatic nitrogens is 4. The summed E-state index contributed by atoms with van der Waals surface area (Å²) in [7, 11) is 3.55. The zero-order valence-electron chi connectivity index (χ0n) is 22.6. The molecule has 0 spiro atoms. The summed E-state index contributed by atoms with van der Waals surface area (Å²) >= 11 is 0. The van der Waals surface area contributed by atoms with Gasteiger partial charge in [0.1, 0.15) is 23.7 Å². The van der Waals surface area contributed by atoms with Crippen molar-refractivity contribution in [2.24, 2.45) is 18.9 Å². The molecule has 0 aromatic carbocycles. The molecule has 4 rings (SSSR count). The molecule has 1 amide bonds. The van der Waals surface area contributed by atoms with Crippen LogP contribution in [0.1, 0.15) is 70.2 Å². The van der Waals surface area contributed by atoms with Gasteiger partial charge in [0.25, 0.3) is 0 Å². The lowest BCUT2D eigenvalue weighted by molar-refractivity contribution is -0.148. The number of carbonyl (C=O) groups is 2. The Morgan fingerprint density at radius 1 is 1.16 bits per heavy atom. The van der Waals surface area contributed by atoms with E-state index in [-0.39, 0.29) is 36.8 Å². The van der Waals surface area contributed by atoms with Gasteiger partial charge in [-0.15, -0.1) is 5.10 Å². The Kier molecular flexibility index (Phi) is 8.66. The minimum Gasteiger partial charge on any atom is -0.489 e. The van der Waals surface area contributed by atoms with Gasteiger partial charge in [0, 0.05) is 27.1 Å². The highest BCUT2D eigenvalue weighted by Gasteiger charge is 2.29. The van der Waals surface area contributed by atoms with Crippen molar-refractivity contribution in [1.29, 1.82) is 0 Å². The second-order valence-electron chi connectivity index (χ2n) is 10.7. The summed E-state index contributed by atoms with van der Waals surface area (Å²) in [5.41, 5.74) is 2.65. The lowest BCUT2D eigenvalue weighted by Gasteiger charge is -2.29. The van der Waals surface area contributed by atoms with Crippen molar-refractivity contribution in [3.05, 3.63) is 23.5 Å². The molecule has 2 saturated carbocycles. The predicted molar refractivity (Wildman–Crippen MR) is 137 cm³/mol. The first-order valence-electron chi connectivity index (χ1n) is 13.3. The van der Waals surface area contributed by atoms with Crippen LogP contribution in [0.3, 0.4) is 0 Å². The van der Waals surface area contributed by atoms with Crippen molar-refractivity contribution in [2.75, 3.05) is 13.6 Å². The predicted octanol–water partition coefficient (Wildman–Crippen LogP) is 4.44. The summed E-state index contributed by atoms with van der Waals surface area (Å²) in [6.07, 6.45) is 6.30. The van der Waals surface area contributed by atoms with Crippen LogP contribution < -0.4 is 4.74 Å². The maximum Gasteiger partial charge on any atom is 0.409 e. The average molecular weight is 514 g/mol. The van der Waals surface area contributed by atoms with Crippen LogP contribution in [0.25, 0.3) is 11.4 Å². The highest BCUT2D eigenvalue weighted by molar-refractivity contribution is 5.70. The number of carbonyl (C=O) groups excluding carboxylic acids is 2. The fourth-order valence-electron chi connectivity index (χ4n) is 4.97. The second-order valence-corrected chi connectivity index (χ2v) is 10.7. The standard InChI is InChI=1S/C27H39N5O5/c1-17(2)36-25(33)14-20-9-10-21(13-20)37-24-12-11-22(28-18(24)3)26-23(32(5)30-29-26)16-35-27(34)31(4)15-19-7-6-8-19/h11-12,17,19-21H,6-10,13-16H2,1-5H3/t20-,21-/m1/s1. The zero-order valence-corrected chi connectivity index (χ0v) is 22.6. The minimum absolute atomic E-state index is 0.0478. The number of amides is 1. The Morgan fingerprint density at radius 2 is 1.95 bits per heavy atom. The summed E-state index contributed by atoms with van der Waals surface area (Å²) in [6.45, 7) is 6.42. The number of rotatable bonds is 10. The topological polar surface area (TPSA) is 109 Å². The molecule has 10 nitrogen and oxygen atoms in total. The SMILES string of the molecule is Cc1nc(-c2nnn(C)c2COC(=O)N(C)CC2CCC2)ccc1O[C@@H]1CC[C@@H](CC(=O)OC(C)C)C1. The molecule has 2 aromatic heterocycles. The van der Waals surface area contributed by atoms with Crippen LogP contribution >= 0.6 is 0 Å². The average Bonchev–Trinajstić information content (AvgIpc) is 3.41. The summed E-state index contributed by atoms with van der Waals surface area (Å²) in [5.74, 6) is 1.43. The Labute approximate surface area is 218 Å². The molecular weight excluding hydrogens is 474 g/mol. The third-order valence-corrected chi connectivity index (χ3v) is 7.23. The van der Waals surface area contributed by atoms with Crippen LogP contribution in [0.5, 0.6) is 5.75 Å². The molecule has 10 heteroatoms. The number of esters is 1. The van der Waals surface area contributed by atoms with Crippen LogP contribution in [0.15, 0.2) is 12.1 Å². The molecule has 202 valence electrons. The molecular formula is C27H39N5O5.